The maximum atomic E-state index is 11.9. The van der Waals surface area contributed by atoms with Crippen LogP contribution in [0.5, 0.6) is 0 Å². The zero-order valence-electron chi connectivity index (χ0n) is 10.3. The van der Waals surface area contributed by atoms with Crippen molar-refractivity contribution in [3.63, 3.8) is 0 Å². The van der Waals surface area contributed by atoms with Crippen LogP contribution in [0, 0.1) is 10.1 Å². The van der Waals surface area contributed by atoms with Crippen LogP contribution in [-0.2, 0) is 4.79 Å². The molecule has 0 saturated heterocycles. The number of hydrogen-bond donors (Lipinski definition) is 2. The highest BCUT2D eigenvalue weighted by molar-refractivity contribution is 9.10. The van der Waals surface area contributed by atoms with Crippen molar-refractivity contribution in [1.82, 2.24) is 10.6 Å². The zero-order chi connectivity index (χ0) is 14.6. The van der Waals surface area contributed by atoms with E-state index in [0.29, 0.717) is 4.47 Å². The predicted molar refractivity (Wildman–Crippen MR) is 71.8 cm³/mol. The number of halogens is 1. The molecule has 0 aliphatic rings. The normalized spacial score (nSPS) is 11.5. The number of carbonyl (C=O) groups is 2. The smallest absolute Gasteiger partial charge is 0.270 e. The van der Waals surface area contributed by atoms with E-state index in [1.807, 2.05) is 0 Å². The highest BCUT2D eigenvalue weighted by Crippen LogP contribution is 2.22. The maximum absolute atomic E-state index is 11.9. The summed E-state index contributed by atoms with van der Waals surface area (Å²) in [5.74, 6) is -0.915. The van der Waals surface area contributed by atoms with E-state index in [-0.39, 0.29) is 17.2 Å². The van der Waals surface area contributed by atoms with E-state index < -0.39 is 16.9 Å². The lowest BCUT2D eigenvalue weighted by Crippen LogP contribution is -2.43. The Balaban J connectivity index is 2.96. The molecular weight excluding hydrogens is 318 g/mol. The molecule has 2 amide bonds. The molecule has 8 heteroatoms. The standard InChI is InChI=1S/C11H12BrN3O4/c1-6(10(16)13-2)14-11(17)8-5-7(15(18)19)3-4-9(8)12/h3-6H,1-2H3,(H,13,16)(H,14,17). The molecule has 102 valence electrons. The maximum Gasteiger partial charge on any atom is 0.270 e. The third-order valence-electron chi connectivity index (χ3n) is 2.39. The van der Waals surface area contributed by atoms with Gasteiger partial charge in [-0.25, -0.2) is 0 Å². The molecule has 19 heavy (non-hydrogen) atoms. The second-order valence-corrected chi connectivity index (χ2v) is 4.58. The van der Waals surface area contributed by atoms with E-state index in [2.05, 4.69) is 26.6 Å². The van der Waals surface area contributed by atoms with Gasteiger partial charge in [-0.05, 0) is 28.9 Å². The quantitative estimate of drug-likeness (QED) is 0.640. The number of carbonyl (C=O) groups excluding carboxylic acids is 2. The molecule has 0 heterocycles. The topological polar surface area (TPSA) is 101 Å². The van der Waals surface area contributed by atoms with E-state index in [1.54, 1.807) is 0 Å². The van der Waals surface area contributed by atoms with Crippen LogP contribution in [0.3, 0.4) is 0 Å². The lowest BCUT2D eigenvalue weighted by Gasteiger charge is -2.12. The van der Waals surface area contributed by atoms with Crippen LogP contribution >= 0.6 is 15.9 Å². The summed E-state index contributed by atoms with van der Waals surface area (Å²) >= 11 is 3.14. The zero-order valence-corrected chi connectivity index (χ0v) is 11.9. The SMILES string of the molecule is CNC(=O)C(C)NC(=O)c1cc([N+](=O)[O-])ccc1Br. The fraction of sp³-hybridized carbons (Fsp3) is 0.273. The van der Waals surface area contributed by atoms with Gasteiger partial charge in [0.1, 0.15) is 6.04 Å². The lowest BCUT2D eigenvalue weighted by atomic mass is 10.1. The molecule has 0 aliphatic heterocycles. The van der Waals surface area contributed by atoms with Crippen molar-refractivity contribution in [3.8, 4) is 0 Å². The van der Waals surface area contributed by atoms with Crippen LogP contribution in [-0.4, -0.2) is 29.8 Å². The Bertz CT molecular complexity index is 533. The summed E-state index contributed by atoms with van der Waals surface area (Å²) in [6, 6.07) is 3.11. The van der Waals surface area contributed by atoms with E-state index in [4.69, 9.17) is 0 Å². The molecule has 0 spiro atoms. The Hall–Kier alpha value is -1.96. The van der Waals surface area contributed by atoms with Crippen LogP contribution in [0.15, 0.2) is 22.7 Å². The predicted octanol–water partition coefficient (Wildman–Crippen LogP) is 1.22. The second-order valence-electron chi connectivity index (χ2n) is 3.73. The number of likely N-dealkylation sites (N-methyl/N-ethyl adjacent to an activating group) is 1. The van der Waals surface area contributed by atoms with Gasteiger partial charge in [0, 0.05) is 23.7 Å². The minimum atomic E-state index is -0.733. The van der Waals surface area contributed by atoms with Crippen LogP contribution in [0.2, 0.25) is 0 Å². The molecule has 7 nitrogen and oxygen atoms in total. The third-order valence-corrected chi connectivity index (χ3v) is 3.08. The van der Waals surface area contributed by atoms with Crippen LogP contribution < -0.4 is 10.6 Å². The Morgan fingerprint density at radius 2 is 2.05 bits per heavy atom. The number of benzene rings is 1. The highest BCUT2D eigenvalue weighted by Gasteiger charge is 2.19. The first-order chi connectivity index (χ1) is 8.86. The van der Waals surface area contributed by atoms with Gasteiger partial charge in [-0.2, -0.15) is 0 Å². The van der Waals surface area contributed by atoms with Gasteiger partial charge in [-0.3, -0.25) is 19.7 Å². The van der Waals surface area contributed by atoms with E-state index in [9.17, 15) is 19.7 Å². The largest absolute Gasteiger partial charge is 0.357 e. The van der Waals surface area contributed by atoms with Gasteiger partial charge in [-0.15, -0.1) is 0 Å². The van der Waals surface area contributed by atoms with Crippen molar-refractivity contribution in [1.29, 1.82) is 0 Å². The highest BCUT2D eigenvalue weighted by atomic mass is 79.9. The summed E-state index contributed by atoms with van der Waals surface area (Å²) in [5, 5.41) is 15.5. The molecule has 0 aliphatic carbocycles. The molecule has 1 aromatic rings. The van der Waals surface area contributed by atoms with Crippen molar-refractivity contribution < 1.29 is 14.5 Å². The Morgan fingerprint density at radius 3 is 2.58 bits per heavy atom. The first kappa shape index (κ1) is 15.1. The summed E-state index contributed by atoms with van der Waals surface area (Å²) in [4.78, 5) is 33.3. The molecule has 0 aromatic heterocycles. The summed E-state index contributed by atoms with van der Waals surface area (Å²) in [6.45, 7) is 1.52. The minimum Gasteiger partial charge on any atom is -0.357 e. The number of nitro groups is 1. The average molecular weight is 330 g/mol. The van der Waals surface area contributed by atoms with Gasteiger partial charge in [0.15, 0.2) is 0 Å². The van der Waals surface area contributed by atoms with Gasteiger partial charge < -0.3 is 10.6 Å². The molecule has 0 radical (unpaired) electrons. The van der Waals surface area contributed by atoms with Gasteiger partial charge in [0.2, 0.25) is 5.91 Å². The number of nitrogens with zero attached hydrogens (tertiary/aromatic N) is 1. The number of nitrogens with one attached hydrogen (secondary N) is 2. The molecule has 0 saturated carbocycles. The Morgan fingerprint density at radius 1 is 1.42 bits per heavy atom. The molecule has 1 aromatic carbocycles. The third kappa shape index (κ3) is 3.75. The van der Waals surface area contributed by atoms with Gasteiger partial charge in [0.25, 0.3) is 11.6 Å². The number of amides is 2. The summed E-state index contributed by atoms with van der Waals surface area (Å²) < 4.78 is 0.416. The van der Waals surface area contributed by atoms with E-state index in [1.165, 1.54) is 26.1 Å². The van der Waals surface area contributed by atoms with Crippen molar-refractivity contribution in [2.45, 2.75) is 13.0 Å². The van der Waals surface area contributed by atoms with Gasteiger partial charge in [0.05, 0.1) is 10.5 Å². The number of rotatable bonds is 4. The van der Waals surface area contributed by atoms with E-state index >= 15 is 0 Å². The average Bonchev–Trinajstić information content (AvgIpc) is 2.37. The van der Waals surface area contributed by atoms with Crippen molar-refractivity contribution in [2.75, 3.05) is 7.05 Å². The molecular formula is C11H12BrN3O4. The fourth-order valence-electron chi connectivity index (χ4n) is 1.36. The molecule has 1 atom stereocenters. The van der Waals surface area contributed by atoms with Gasteiger partial charge in [-0.1, -0.05) is 0 Å². The summed E-state index contributed by atoms with van der Waals surface area (Å²) in [7, 11) is 1.45. The van der Waals surface area contributed by atoms with Crippen molar-refractivity contribution in [3.05, 3.63) is 38.3 Å². The van der Waals surface area contributed by atoms with Crippen LogP contribution in [0.1, 0.15) is 17.3 Å². The van der Waals surface area contributed by atoms with Crippen molar-refractivity contribution >= 4 is 33.4 Å². The summed E-state index contributed by atoms with van der Waals surface area (Å²) in [5.41, 5.74) is -0.0918. The lowest BCUT2D eigenvalue weighted by molar-refractivity contribution is -0.384. The Labute approximate surface area is 117 Å². The van der Waals surface area contributed by atoms with Crippen molar-refractivity contribution in [2.24, 2.45) is 0 Å². The number of nitro benzene ring substituents is 1. The molecule has 0 bridgehead atoms. The number of non-ortho nitro benzene ring substituents is 1. The monoisotopic (exact) mass is 329 g/mol. The summed E-state index contributed by atoms with van der Waals surface area (Å²) in [6.07, 6.45) is 0. The van der Waals surface area contributed by atoms with Crippen LogP contribution in [0.25, 0.3) is 0 Å². The number of hydrogen-bond acceptors (Lipinski definition) is 4. The van der Waals surface area contributed by atoms with E-state index in [0.717, 1.165) is 6.07 Å². The second kappa shape index (κ2) is 6.28. The minimum absolute atomic E-state index is 0.102. The first-order valence-corrected chi connectivity index (χ1v) is 6.12. The molecule has 1 unspecified atom stereocenters. The molecule has 2 N–H and O–H groups in total. The van der Waals surface area contributed by atoms with Crippen LogP contribution in [0.4, 0.5) is 5.69 Å². The molecule has 1 rings (SSSR count). The molecule has 0 fully saturated rings. The Kier molecular flexibility index (Phi) is 4.99. The first-order valence-electron chi connectivity index (χ1n) is 5.33. The fourth-order valence-corrected chi connectivity index (χ4v) is 1.78. The van der Waals surface area contributed by atoms with Gasteiger partial charge >= 0.3 is 0 Å².